The van der Waals surface area contributed by atoms with Crippen molar-refractivity contribution in [3.05, 3.63) is 27.3 Å². The number of halogens is 1. The Morgan fingerprint density at radius 2 is 2.26 bits per heavy atom. The van der Waals surface area contributed by atoms with Gasteiger partial charge in [-0.25, -0.2) is 0 Å². The van der Waals surface area contributed by atoms with Gasteiger partial charge in [-0.1, -0.05) is 6.92 Å². The fraction of sp³-hybridized carbons (Fsp3) is 0.500. The summed E-state index contributed by atoms with van der Waals surface area (Å²) >= 11 is 2.13. The molecule has 1 amide bonds. The molecule has 1 N–H and O–H groups in total. The van der Waals surface area contributed by atoms with Gasteiger partial charge in [0.2, 0.25) is 0 Å². The van der Waals surface area contributed by atoms with Crippen molar-refractivity contribution < 1.29 is 14.6 Å². The van der Waals surface area contributed by atoms with Crippen LogP contribution in [0.15, 0.2) is 18.2 Å². The maximum Gasteiger partial charge on any atom is 0.257 e. The molecule has 5 heteroatoms. The van der Waals surface area contributed by atoms with Crippen LogP contribution in [0.3, 0.4) is 0 Å². The van der Waals surface area contributed by atoms with Crippen LogP contribution >= 0.6 is 22.6 Å². The number of rotatable bonds is 2. The van der Waals surface area contributed by atoms with Gasteiger partial charge in [-0.2, -0.15) is 0 Å². The predicted molar refractivity (Wildman–Crippen MR) is 81.3 cm³/mol. The summed E-state index contributed by atoms with van der Waals surface area (Å²) in [5.41, 5.74) is 0.372. The quantitative estimate of drug-likeness (QED) is 0.809. The van der Waals surface area contributed by atoms with E-state index in [0.717, 1.165) is 9.99 Å². The number of aromatic hydroxyl groups is 1. The third-order valence-corrected chi connectivity index (χ3v) is 4.34. The Hall–Kier alpha value is -0.820. The third kappa shape index (κ3) is 3.20. The Morgan fingerprint density at radius 1 is 1.53 bits per heavy atom. The predicted octanol–water partition coefficient (Wildman–Crippen LogP) is 2.49. The van der Waals surface area contributed by atoms with E-state index in [-0.39, 0.29) is 17.8 Å². The first-order chi connectivity index (χ1) is 9.02. The summed E-state index contributed by atoms with van der Waals surface area (Å²) in [5, 5.41) is 9.83. The first kappa shape index (κ1) is 14.6. The second-order valence-corrected chi connectivity index (χ2v) is 6.20. The molecule has 104 valence electrons. The fourth-order valence-corrected chi connectivity index (χ4v) is 2.87. The van der Waals surface area contributed by atoms with Gasteiger partial charge in [-0.05, 0) is 53.1 Å². The number of nitrogens with zero attached hydrogens (tertiary/aromatic N) is 1. The van der Waals surface area contributed by atoms with E-state index in [1.165, 1.54) is 0 Å². The molecule has 0 bridgehead atoms. The second-order valence-electron chi connectivity index (χ2n) is 4.95. The van der Waals surface area contributed by atoms with Crippen LogP contribution in [0.1, 0.15) is 23.7 Å². The van der Waals surface area contributed by atoms with Crippen LogP contribution in [-0.2, 0) is 4.74 Å². The molecule has 1 aliphatic rings. The number of phenolic OH excluding ortho intramolecular Hbond substituents is 1. The highest BCUT2D eigenvalue weighted by Crippen LogP contribution is 2.25. The van der Waals surface area contributed by atoms with Crippen LogP contribution in [0, 0.1) is 9.49 Å². The minimum atomic E-state index is -0.120. The monoisotopic (exact) mass is 375 g/mol. The Labute approximate surface area is 126 Å². The highest BCUT2D eigenvalue weighted by atomic mass is 127. The molecule has 2 unspecified atom stereocenters. The lowest BCUT2D eigenvalue weighted by atomic mass is 9.95. The molecular weight excluding hydrogens is 357 g/mol. The van der Waals surface area contributed by atoms with Crippen molar-refractivity contribution >= 4 is 28.5 Å². The van der Waals surface area contributed by atoms with Crippen LogP contribution in [0.2, 0.25) is 0 Å². The molecule has 0 spiro atoms. The average Bonchev–Trinajstić information content (AvgIpc) is 2.41. The molecular formula is C14H18INO3. The van der Waals surface area contributed by atoms with E-state index in [4.69, 9.17) is 4.74 Å². The van der Waals surface area contributed by atoms with Crippen LogP contribution in [0.25, 0.3) is 0 Å². The van der Waals surface area contributed by atoms with Crippen molar-refractivity contribution in [1.82, 2.24) is 4.90 Å². The van der Waals surface area contributed by atoms with Gasteiger partial charge in [0.05, 0.1) is 11.7 Å². The van der Waals surface area contributed by atoms with E-state index in [2.05, 4.69) is 29.5 Å². The lowest BCUT2D eigenvalue weighted by molar-refractivity contribution is -0.00166. The molecule has 1 aromatic rings. The second kappa shape index (κ2) is 6.09. The Morgan fingerprint density at radius 3 is 2.95 bits per heavy atom. The minimum absolute atomic E-state index is 0.0398. The maximum absolute atomic E-state index is 12.4. The minimum Gasteiger partial charge on any atom is -0.507 e. The van der Waals surface area contributed by atoms with Crippen molar-refractivity contribution in [2.75, 3.05) is 20.2 Å². The van der Waals surface area contributed by atoms with Gasteiger partial charge in [-0.3, -0.25) is 4.79 Å². The number of ether oxygens (including phenoxy) is 1. The van der Waals surface area contributed by atoms with Crippen LogP contribution < -0.4 is 0 Å². The molecule has 0 aromatic heterocycles. The molecule has 1 saturated heterocycles. The molecule has 1 fully saturated rings. The van der Waals surface area contributed by atoms with Crippen molar-refractivity contribution in [1.29, 1.82) is 0 Å². The number of hydrogen-bond acceptors (Lipinski definition) is 3. The summed E-state index contributed by atoms with van der Waals surface area (Å²) in [5.74, 6) is 0.376. The van der Waals surface area contributed by atoms with Crippen molar-refractivity contribution in [3.8, 4) is 5.75 Å². The van der Waals surface area contributed by atoms with Crippen molar-refractivity contribution in [2.45, 2.75) is 19.4 Å². The van der Waals surface area contributed by atoms with Gasteiger partial charge in [0.15, 0.2) is 0 Å². The highest BCUT2D eigenvalue weighted by Gasteiger charge is 2.30. The topological polar surface area (TPSA) is 49.8 Å². The van der Waals surface area contributed by atoms with Gasteiger partial charge in [-0.15, -0.1) is 0 Å². The number of benzene rings is 1. The number of hydrogen-bond donors (Lipinski definition) is 1. The number of likely N-dealkylation sites (tertiary alicyclic amines) is 1. The Kier molecular flexibility index (Phi) is 4.67. The number of carbonyl (C=O) groups excluding carboxylic acids is 1. The Bertz CT molecular complexity index is 478. The Balaban J connectivity index is 2.18. The number of amides is 1. The first-order valence-electron chi connectivity index (χ1n) is 6.33. The standard InChI is InChI=1S/C14H18INO3/c1-9-5-6-16(8-13(9)19-2)14(18)11-7-10(15)3-4-12(11)17/h3-4,7,9,13,17H,5-6,8H2,1-2H3. The SMILES string of the molecule is COC1CN(C(=O)c2cc(I)ccc2O)CCC1C. The van der Waals surface area contributed by atoms with E-state index in [9.17, 15) is 9.90 Å². The highest BCUT2D eigenvalue weighted by molar-refractivity contribution is 14.1. The first-order valence-corrected chi connectivity index (χ1v) is 7.41. The molecule has 1 aromatic carbocycles. The normalized spacial score (nSPS) is 23.4. The smallest absolute Gasteiger partial charge is 0.257 e. The molecule has 1 heterocycles. The average molecular weight is 375 g/mol. The molecule has 19 heavy (non-hydrogen) atoms. The number of piperidine rings is 1. The van der Waals surface area contributed by atoms with Gasteiger partial charge in [0.25, 0.3) is 5.91 Å². The van der Waals surface area contributed by atoms with E-state index < -0.39 is 0 Å². The number of methoxy groups -OCH3 is 1. The van der Waals surface area contributed by atoms with Crippen molar-refractivity contribution in [3.63, 3.8) is 0 Å². The summed E-state index contributed by atoms with van der Waals surface area (Å²) < 4.78 is 6.35. The molecule has 4 nitrogen and oxygen atoms in total. The van der Waals surface area contributed by atoms with E-state index in [0.29, 0.717) is 24.6 Å². The molecule has 1 aliphatic heterocycles. The lowest BCUT2D eigenvalue weighted by Gasteiger charge is -2.36. The zero-order valence-corrected chi connectivity index (χ0v) is 13.3. The van der Waals surface area contributed by atoms with Gasteiger partial charge in [0.1, 0.15) is 5.75 Å². The van der Waals surface area contributed by atoms with Crippen LogP contribution in [0.5, 0.6) is 5.75 Å². The van der Waals surface area contributed by atoms with E-state index >= 15 is 0 Å². The lowest BCUT2D eigenvalue weighted by Crippen LogP contribution is -2.46. The summed E-state index contributed by atoms with van der Waals surface area (Å²) in [7, 11) is 1.68. The van der Waals surface area contributed by atoms with Crippen LogP contribution in [-0.4, -0.2) is 42.2 Å². The van der Waals surface area contributed by atoms with Gasteiger partial charge < -0.3 is 14.7 Å². The zero-order valence-electron chi connectivity index (χ0n) is 11.1. The molecule has 0 radical (unpaired) electrons. The molecule has 2 rings (SSSR count). The summed E-state index contributed by atoms with van der Waals surface area (Å²) in [6.45, 7) is 3.44. The molecule has 0 aliphatic carbocycles. The summed E-state index contributed by atoms with van der Waals surface area (Å²) in [4.78, 5) is 14.2. The number of carbonyl (C=O) groups is 1. The van der Waals surface area contributed by atoms with E-state index in [1.807, 2.05) is 0 Å². The number of phenols is 1. The molecule has 0 saturated carbocycles. The summed E-state index contributed by atoms with van der Waals surface area (Å²) in [6, 6.07) is 5.07. The largest absolute Gasteiger partial charge is 0.507 e. The van der Waals surface area contributed by atoms with Crippen LogP contribution in [0.4, 0.5) is 0 Å². The summed E-state index contributed by atoms with van der Waals surface area (Å²) in [6.07, 6.45) is 0.997. The third-order valence-electron chi connectivity index (χ3n) is 3.67. The molecule has 2 atom stereocenters. The van der Waals surface area contributed by atoms with Crippen molar-refractivity contribution in [2.24, 2.45) is 5.92 Å². The maximum atomic E-state index is 12.4. The van der Waals surface area contributed by atoms with Gasteiger partial charge in [0, 0.05) is 23.8 Å². The zero-order chi connectivity index (χ0) is 14.0. The van der Waals surface area contributed by atoms with E-state index in [1.54, 1.807) is 30.2 Å². The van der Waals surface area contributed by atoms with Gasteiger partial charge >= 0.3 is 0 Å². The fourth-order valence-electron chi connectivity index (χ4n) is 2.38.